The maximum atomic E-state index is 13.8. The number of rotatable bonds is 15. The Labute approximate surface area is 243 Å². The minimum absolute atomic E-state index is 0.0614. The van der Waals surface area contributed by atoms with E-state index in [1.165, 1.54) is 0 Å². The summed E-state index contributed by atoms with van der Waals surface area (Å²) < 4.78 is 79.3. The van der Waals surface area contributed by atoms with Crippen LogP contribution in [0.15, 0.2) is 48.8 Å². The Morgan fingerprint density at radius 1 is 0.930 bits per heavy atom. The van der Waals surface area contributed by atoms with Gasteiger partial charge in [-0.05, 0) is 55.3 Å². The molecule has 230 valence electrons. The van der Waals surface area contributed by atoms with Crippen LogP contribution in [0.1, 0.15) is 28.8 Å². The molecular weight excluding hydrogens is 579 g/mol. The SMILES string of the molecule is O=C(NCCO)c1ccc2c(c1)nc(OCCOCCCCNCc1cc(F)c(OC(F)(F)F)c(F)c1)c1ccncc12. The van der Waals surface area contributed by atoms with Crippen molar-refractivity contribution in [2.45, 2.75) is 25.7 Å². The van der Waals surface area contributed by atoms with Gasteiger partial charge in [0.2, 0.25) is 11.6 Å². The number of carbonyl (C=O) groups is 1. The number of halogens is 5. The Morgan fingerprint density at radius 3 is 2.47 bits per heavy atom. The lowest BCUT2D eigenvalue weighted by Gasteiger charge is -2.12. The fourth-order valence-corrected chi connectivity index (χ4v) is 4.25. The molecule has 0 spiro atoms. The van der Waals surface area contributed by atoms with Crippen LogP contribution in [0.5, 0.6) is 11.6 Å². The number of ether oxygens (including phenoxy) is 3. The van der Waals surface area contributed by atoms with Crippen molar-refractivity contribution in [3.8, 4) is 11.6 Å². The molecule has 43 heavy (non-hydrogen) atoms. The van der Waals surface area contributed by atoms with Crippen LogP contribution in [0.4, 0.5) is 22.0 Å². The highest BCUT2D eigenvalue weighted by Gasteiger charge is 2.34. The lowest BCUT2D eigenvalue weighted by atomic mass is 10.1. The van der Waals surface area contributed by atoms with Gasteiger partial charge < -0.3 is 30.0 Å². The molecule has 0 unspecified atom stereocenters. The molecule has 3 N–H and O–H groups in total. The maximum Gasteiger partial charge on any atom is 0.573 e. The topological polar surface area (TPSA) is 115 Å². The number of amides is 1. The van der Waals surface area contributed by atoms with E-state index in [9.17, 15) is 26.7 Å². The van der Waals surface area contributed by atoms with Gasteiger partial charge in [-0.1, -0.05) is 6.07 Å². The summed E-state index contributed by atoms with van der Waals surface area (Å²) >= 11 is 0. The van der Waals surface area contributed by atoms with E-state index in [1.54, 1.807) is 36.7 Å². The van der Waals surface area contributed by atoms with Gasteiger partial charge in [0.1, 0.15) is 6.61 Å². The predicted octanol–water partition coefficient (Wildman–Crippen LogP) is 4.65. The fourth-order valence-electron chi connectivity index (χ4n) is 4.25. The van der Waals surface area contributed by atoms with E-state index in [4.69, 9.17) is 14.6 Å². The highest BCUT2D eigenvalue weighted by atomic mass is 19.4. The Bertz CT molecular complexity index is 1530. The van der Waals surface area contributed by atoms with Crippen LogP contribution in [-0.2, 0) is 11.3 Å². The minimum Gasteiger partial charge on any atom is -0.475 e. The quantitative estimate of drug-likeness (QED) is 0.102. The van der Waals surface area contributed by atoms with Gasteiger partial charge in [0.05, 0.1) is 18.7 Å². The molecule has 2 aromatic carbocycles. The van der Waals surface area contributed by atoms with Crippen LogP contribution in [0.25, 0.3) is 21.7 Å². The number of nitrogens with one attached hydrogen (secondary N) is 2. The fraction of sp³-hybridized carbons (Fsp3) is 0.345. The number of benzene rings is 2. The Morgan fingerprint density at radius 2 is 1.72 bits per heavy atom. The zero-order valence-corrected chi connectivity index (χ0v) is 22.8. The molecule has 0 saturated carbocycles. The first-order valence-electron chi connectivity index (χ1n) is 13.4. The smallest absolute Gasteiger partial charge is 0.475 e. The zero-order valence-electron chi connectivity index (χ0n) is 22.8. The van der Waals surface area contributed by atoms with Crippen LogP contribution in [0, 0.1) is 11.6 Å². The highest BCUT2D eigenvalue weighted by molar-refractivity contribution is 6.09. The van der Waals surface area contributed by atoms with Crippen molar-refractivity contribution >= 4 is 27.6 Å². The number of hydrogen-bond acceptors (Lipinski definition) is 8. The number of carbonyl (C=O) groups excluding carboxylic acids is 1. The Balaban J connectivity index is 1.20. The number of unbranched alkanes of at least 4 members (excludes halogenated alkanes) is 1. The lowest BCUT2D eigenvalue weighted by Crippen LogP contribution is -2.26. The van der Waals surface area contributed by atoms with Gasteiger partial charge in [0, 0.05) is 53.8 Å². The van der Waals surface area contributed by atoms with Crippen molar-refractivity contribution in [2.75, 3.05) is 39.5 Å². The average Bonchev–Trinajstić information content (AvgIpc) is 2.98. The second-order valence-electron chi connectivity index (χ2n) is 9.33. The molecule has 0 aliphatic heterocycles. The third kappa shape index (κ3) is 8.92. The summed E-state index contributed by atoms with van der Waals surface area (Å²) in [6.07, 6.45) is -0.500. The average molecular weight is 609 g/mol. The summed E-state index contributed by atoms with van der Waals surface area (Å²) in [7, 11) is 0. The van der Waals surface area contributed by atoms with Crippen molar-refractivity contribution in [1.82, 2.24) is 20.6 Å². The van der Waals surface area contributed by atoms with Crippen molar-refractivity contribution in [2.24, 2.45) is 0 Å². The molecular formula is C29H29F5N4O5. The number of hydrogen-bond donors (Lipinski definition) is 3. The standard InChI is InChI=1S/C29H29F5N4O5/c30-23-13-18(14-24(31)26(23)43-29(32,33)34)16-35-6-1-2-10-41-11-12-42-28-21-5-7-36-17-22(21)20-4-3-19(15-25(20)38-28)27(40)37-8-9-39/h3-5,7,13-15,17,35,39H,1-2,6,8-12,16H2,(H,37,40). The van der Waals surface area contributed by atoms with Gasteiger partial charge in [-0.25, -0.2) is 13.8 Å². The molecule has 2 aromatic heterocycles. The Kier molecular flexibility index (Phi) is 11.0. The molecule has 1 amide bonds. The van der Waals surface area contributed by atoms with Gasteiger partial charge in [-0.15, -0.1) is 13.2 Å². The van der Waals surface area contributed by atoms with Crippen molar-refractivity contribution in [3.05, 3.63) is 71.6 Å². The van der Waals surface area contributed by atoms with E-state index in [2.05, 4.69) is 25.3 Å². The minimum atomic E-state index is -5.19. The van der Waals surface area contributed by atoms with E-state index < -0.39 is 23.7 Å². The number of aromatic nitrogens is 2. The molecule has 0 fully saturated rings. The van der Waals surface area contributed by atoms with Gasteiger partial charge in [-0.2, -0.15) is 0 Å². The molecule has 0 saturated heterocycles. The molecule has 14 heteroatoms. The first kappa shape index (κ1) is 31.8. The molecule has 0 radical (unpaired) electrons. The first-order valence-corrected chi connectivity index (χ1v) is 13.4. The first-order chi connectivity index (χ1) is 20.7. The number of alkyl halides is 3. The van der Waals surface area contributed by atoms with Crippen LogP contribution in [-0.4, -0.2) is 66.9 Å². The monoisotopic (exact) mass is 608 g/mol. The molecule has 0 atom stereocenters. The van der Waals surface area contributed by atoms with Gasteiger partial charge in [0.15, 0.2) is 11.6 Å². The van der Waals surface area contributed by atoms with E-state index in [1.807, 2.05) is 0 Å². The van der Waals surface area contributed by atoms with E-state index in [0.29, 0.717) is 43.0 Å². The molecule has 2 heterocycles. The summed E-state index contributed by atoms with van der Waals surface area (Å²) in [6.45, 7) is 1.46. The number of nitrogens with zero attached hydrogens (tertiary/aromatic N) is 2. The van der Waals surface area contributed by atoms with Crippen molar-refractivity contribution in [1.29, 1.82) is 0 Å². The molecule has 4 rings (SSSR count). The number of fused-ring (bicyclic) bond motifs is 3. The summed E-state index contributed by atoms with van der Waals surface area (Å²) in [5.41, 5.74) is 1.09. The predicted molar refractivity (Wildman–Crippen MR) is 147 cm³/mol. The van der Waals surface area contributed by atoms with Gasteiger partial charge in [0.25, 0.3) is 5.91 Å². The maximum absolute atomic E-state index is 13.8. The summed E-state index contributed by atoms with van der Waals surface area (Å²) in [4.78, 5) is 21.1. The van der Waals surface area contributed by atoms with Crippen LogP contribution >= 0.6 is 0 Å². The third-order valence-corrected chi connectivity index (χ3v) is 6.18. The zero-order chi connectivity index (χ0) is 30.8. The summed E-state index contributed by atoms with van der Waals surface area (Å²) in [5, 5.41) is 16.9. The molecule has 0 aliphatic rings. The van der Waals surface area contributed by atoms with Crippen molar-refractivity contribution < 1.29 is 46.1 Å². The molecule has 0 bridgehead atoms. The van der Waals surface area contributed by atoms with E-state index >= 15 is 0 Å². The van der Waals surface area contributed by atoms with Gasteiger partial charge >= 0.3 is 6.36 Å². The van der Waals surface area contributed by atoms with Crippen LogP contribution in [0.3, 0.4) is 0 Å². The van der Waals surface area contributed by atoms with Crippen LogP contribution in [0.2, 0.25) is 0 Å². The number of aliphatic hydroxyl groups is 1. The molecule has 9 nitrogen and oxygen atoms in total. The lowest BCUT2D eigenvalue weighted by molar-refractivity contribution is -0.276. The van der Waals surface area contributed by atoms with Crippen molar-refractivity contribution in [3.63, 3.8) is 0 Å². The second kappa shape index (κ2) is 14.8. The van der Waals surface area contributed by atoms with Gasteiger partial charge in [-0.3, -0.25) is 9.78 Å². The van der Waals surface area contributed by atoms with Crippen LogP contribution < -0.4 is 20.1 Å². The normalized spacial score (nSPS) is 11.7. The van der Waals surface area contributed by atoms with E-state index in [0.717, 1.165) is 28.3 Å². The second-order valence-corrected chi connectivity index (χ2v) is 9.33. The van der Waals surface area contributed by atoms with E-state index in [-0.39, 0.29) is 44.4 Å². The molecule has 4 aromatic rings. The third-order valence-electron chi connectivity index (χ3n) is 6.18. The Hall–Kier alpha value is -4.14. The molecule has 0 aliphatic carbocycles. The largest absolute Gasteiger partial charge is 0.573 e. The summed E-state index contributed by atoms with van der Waals surface area (Å²) in [5.74, 6) is -4.30. The number of aliphatic hydroxyl groups excluding tert-OH is 1. The number of pyridine rings is 2. The summed E-state index contributed by atoms with van der Waals surface area (Å²) in [6, 6.07) is 8.50. The highest BCUT2D eigenvalue weighted by Crippen LogP contribution is 2.31.